The smallest absolute Gasteiger partial charge is 0.417 e. The predicted molar refractivity (Wildman–Crippen MR) is 128 cm³/mol. The Morgan fingerprint density at radius 2 is 2.08 bits per heavy atom. The molecule has 3 heterocycles. The van der Waals surface area contributed by atoms with E-state index in [1.807, 2.05) is 17.0 Å². The summed E-state index contributed by atoms with van der Waals surface area (Å²) in [7, 11) is 2.18. The molecule has 8 heteroatoms. The lowest BCUT2D eigenvalue weighted by molar-refractivity contribution is -0.144. The fraction of sp³-hybridized carbons (Fsp3) is 0.571. The van der Waals surface area contributed by atoms with Crippen LogP contribution in [0.4, 0.5) is 13.2 Å². The monoisotopic (exact) mass is 499 g/mol. The standard InChI is InChI=1S/C28H32F3N3O2/c1-33(24-9-12-36-25-7-3-2-6-22(24)25)21-14-19-5-4-10-27(19,15-21)26(35)34-11-8-23-18(17-34)13-20(16-32-23)28(29,30)31/h2-3,6-7,13,16,19,21,24H,4-5,8-12,14-15,17H2,1H3/t19-,21-,24-,27-/m1/s1. The highest BCUT2D eigenvalue weighted by molar-refractivity contribution is 5.84. The van der Waals surface area contributed by atoms with E-state index in [2.05, 4.69) is 29.1 Å². The van der Waals surface area contributed by atoms with Crippen LogP contribution in [0, 0.1) is 11.3 Å². The third-order valence-corrected chi connectivity index (χ3v) is 9.19. The molecule has 1 aromatic carbocycles. The van der Waals surface area contributed by atoms with Crippen LogP contribution in [-0.2, 0) is 23.9 Å². The van der Waals surface area contributed by atoms with Crippen LogP contribution in [0.1, 0.15) is 67.0 Å². The summed E-state index contributed by atoms with van der Waals surface area (Å²) < 4.78 is 45.7. The second-order valence-electron chi connectivity index (χ2n) is 11.0. The number of fused-ring (bicyclic) bond motifs is 3. The van der Waals surface area contributed by atoms with Crippen LogP contribution >= 0.6 is 0 Å². The number of rotatable bonds is 3. The first kappa shape index (κ1) is 23.8. The molecule has 0 saturated heterocycles. The van der Waals surface area contributed by atoms with Gasteiger partial charge in [0.2, 0.25) is 5.91 Å². The second kappa shape index (κ2) is 8.75. The number of para-hydroxylation sites is 1. The number of hydrogen-bond donors (Lipinski definition) is 0. The van der Waals surface area contributed by atoms with E-state index in [1.54, 1.807) is 0 Å². The van der Waals surface area contributed by atoms with Gasteiger partial charge in [0.05, 0.1) is 17.6 Å². The van der Waals surface area contributed by atoms with E-state index in [1.165, 1.54) is 11.6 Å². The van der Waals surface area contributed by atoms with Gasteiger partial charge in [0.15, 0.2) is 0 Å². The molecular formula is C28H32F3N3O2. The number of halogens is 3. The van der Waals surface area contributed by atoms with Gasteiger partial charge in [0.25, 0.3) is 0 Å². The molecule has 5 nitrogen and oxygen atoms in total. The highest BCUT2D eigenvalue weighted by atomic mass is 19.4. The Bertz CT molecular complexity index is 1170. The van der Waals surface area contributed by atoms with Crippen molar-refractivity contribution < 1.29 is 22.7 Å². The molecule has 2 fully saturated rings. The maximum absolute atomic E-state index is 14.1. The minimum absolute atomic E-state index is 0.135. The molecule has 192 valence electrons. The van der Waals surface area contributed by atoms with Crippen molar-refractivity contribution in [1.82, 2.24) is 14.8 Å². The molecule has 1 aromatic heterocycles. The van der Waals surface area contributed by atoms with Gasteiger partial charge in [-0.1, -0.05) is 24.6 Å². The van der Waals surface area contributed by atoms with Gasteiger partial charge in [0.1, 0.15) is 5.75 Å². The summed E-state index contributed by atoms with van der Waals surface area (Å²) in [6.07, 6.45) is 2.67. The normalized spacial score (nSPS) is 29.5. The van der Waals surface area contributed by atoms with Crippen LogP contribution in [0.5, 0.6) is 5.75 Å². The van der Waals surface area contributed by atoms with Crippen LogP contribution in [0.15, 0.2) is 36.5 Å². The summed E-state index contributed by atoms with van der Waals surface area (Å²) in [4.78, 5) is 22.4. The Morgan fingerprint density at radius 3 is 2.92 bits per heavy atom. The van der Waals surface area contributed by atoms with Gasteiger partial charge in [-0.25, -0.2) is 0 Å². The van der Waals surface area contributed by atoms with Crippen molar-refractivity contribution in [1.29, 1.82) is 0 Å². The summed E-state index contributed by atoms with van der Waals surface area (Å²) >= 11 is 0. The van der Waals surface area contributed by atoms with Crippen molar-refractivity contribution in [3.8, 4) is 5.75 Å². The van der Waals surface area contributed by atoms with Gasteiger partial charge < -0.3 is 9.64 Å². The fourth-order valence-electron chi connectivity index (χ4n) is 7.34. The molecule has 2 aliphatic heterocycles. The number of nitrogens with zero attached hydrogens (tertiary/aromatic N) is 3. The van der Waals surface area contributed by atoms with E-state index < -0.39 is 17.2 Å². The van der Waals surface area contributed by atoms with Crippen LogP contribution in [0.3, 0.4) is 0 Å². The molecule has 0 bridgehead atoms. The molecule has 4 aliphatic rings. The first-order valence-electron chi connectivity index (χ1n) is 13.0. The molecule has 36 heavy (non-hydrogen) atoms. The molecule has 0 spiro atoms. The van der Waals surface area contributed by atoms with Crippen molar-refractivity contribution in [2.24, 2.45) is 11.3 Å². The van der Waals surface area contributed by atoms with Gasteiger partial charge in [0, 0.05) is 55.5 Å². The molecule has 6 rings (SSSR count). The first-order valence-corrected chi connectivity index (χ1v) is 13.0. The lowest BCUT2D eigenvalue weighted by atomic mass is 9.78. The lowest BCUT2D eigenvalue weighted by Crippen LogP contribution is -2.47. The largest absolute Gasteiger partial charge is 0.493 e. The summed E-state index contributed by atoms with van der Waals surface area (Å²) in [6.45, 7) is 1.42. The van der Waals surface area contributed by atoms with Crippen LogP contribution in [0.25, 0.3) is 0 Å². The average molecular weight is 500 g/mol. The van der Waals surface area contributed by atoms with Crippen LogP contribution in [0.2, 0.25) is 0 Å². The summed E-state index contributed by atoms with van der Waals surface area (Å²) in [5, 5.41) is 0. The summed E-state index contributed by atoms with van der Waals surface area (Å²) in [6, 6.07) is 9.96. The van der Waals surface area contributed by atoms with Crippen molar-refractivity contribution >= 4 is 5.91 Å². The molecule has 0 N–H and O–H groups in total. The summed E-state index contributed by atoms with van der Waals surface area (Å²) in [5.41, 5.74) is 1.27. The Kier molecular flexibility index (Phi) is 5.78. The van der Waals surface area contributed by atoms with Crippen LogP contribution < -0.4 is 4.74 Å². The van der Waals surface area contributed by atoms with Crippen molar-refractivity contribution in [3.05, 3.63) is 58.9 Å². The van der Waals surface area contributed by atoms with E-state index in [0.717, 1.165) is 50.5 Å². The molecule has 2 aromatic rings. The zero-order chi connectivity index (χ0) is 25.1. The lowest BCUT2D eigenvalue weighted by Gasteiger charge is -2.39. The van der Waals surface area contributed by atoms with Crippen molar-refractivity contribution in [2.75, 3.05) is 20.2 Å². The van der Waals surface area contributed by atoms with Crippen molar-refractivity contribution in [2.45, 2.75) is 69.8 Å². The number of amides is 1. The molecule has 0 unspecified atom stereocenters. The quantitative estimate of drug-likeness (QED) is 0.568. The average Bonchev–Trinajstić information content (AvgIpc) is 3.45. The van der Waals surface area contributed by atoms with Gasteiger partial charge in [-0.15, -0.1) is 0 Å². The number of hydrogen-bond acceptors (Lipinski definition) is 4. The number of aromatic nitrogens is 1. The molecular weight excluding hydrogens is 467 g/mol. The second-order valence-corrected chi connectivity index (χ2v) is 11.0. The number of carbonyl (C=O) groups is 1. The van der Waals surface area contributed by atoms with Crippen LogP contribution in [-0.4, -0.2) is 46.9 Å². The third-order valence-electron chi connectivity index (χ3n) is 9.19. The maximum atomic E-state index is 14.1. The van der Waals surface area contributed by atoms with Crippen molar-refractivity contribution in [3.63, 3.8) is 0 Å². The highest BCUT2D eigenvalue weighted by Crippen LogP contribution is 2.57. The zero-order valence-corrected chi connectivity index (χ0v) is 20.6. The minimum atomic E-state index is -4.43. The number of benzene rings is 1. The molecule has 2 saturated carbocycles. The van der Waals surface area contributed by atoms with Gasteiger partial charge in [-0.05, 0) is 56.3 Å². The molecule has 2 aliphatic carbocycles. The summed E-state index contributed by atoms with van der Waals surface area (Å²) in [5.74, 6) is 1.41. The third kappa shape index (κ3) is 3.88. The Balaban J connectivity index is 1.22. The Morgan fingerprint density at radius 1 is 1.25 bits per heavy atom. The zero-order valence-electron chi connectivity index (χ0n) is 20.6. The SMILES string of the molecule is CN([C@@H]1C[C@H]2CCC[C@@]2(C(=O)N2CCc3ncc(C(F)(F)F)cc3C2)C1)[C@@H]1CCOc2ccccc21. The number of pyridine rings is 1. The topological polar surface area (TPSA) is 45.7 Å². The van der Waals surface area contributed by atoms with E-state index in [9.17, 15) is 18.0 Å². The fourth-order valence-corrected chi connectivity index (χ4v) is 7.34. The predicted octanol–water partition coefficient (Wildman–Crippen LogP) is 5.39. The molecule has 1 amide bonds. The van der Waals surface area contributed by atoms with E-state index >= 15 is 0 Å². The highest BCUT2D eigenvalue weighted by Gasteiger charge is 2.57. The minimum Gasteiger partial charge on any atom is -0.493 e. The van der Waals surface area contributed by atoms with Gasteiger partial charge >= 0.3 is 6.18 Å². The maximum Gasteiger partial charge on any atom is 0.417 e. The van der Waals surface area contributed by atoms with Gasteiger partial charge in [-0.2, -0.15) is 13.2 Å². The number of ether oxygens (including phenoxy) is 1. The molecule has 4 atom stereocenters. The Labute approximate surface area is 209 Å². The van der Waals surface area contributed by atoms with E-state index in [4.69, 9.17) is 4.74 Å². The number of alkyl halides is 3. The molecule has 0 radical (unpaired) electrons. The first-order chi connectivity index (χ1) is 17.3. The van der Waals surface area contributed by atoms with E-state index in [-0.39, 0.29) is 18.5 Å². The number of carbonyl (C=O) groups excluding carboxylic acids is 1. The van der Waals surface area contributed by atoms with Gasteiger partial charge in [-0.3, -0.25) is 14.7 Å². The Hall–Kier alpha value is -2.61. The van der Waals surface area contributed by atoms with E-state index in [0.29, 0.717) is 42.8 Å².